The van der Waals surface area contributed by atoms with Gasteiger partial charge in [-0.3, -0.25) is 4.79 Å². The van der Waals surface area contributed by atoms with E-state index >= 15 is 0 Å². The van der Waals surface area contributed by atoms with Crippen LogP contribution in [0.5, 0.6) is 5.75 Å². The Kier molecular flexibility index (Phi) is 5.49. The molecule has 2 aromatic rings. The van der Waals surface area contributed by atoms with Crippen molar-refractivity contribution in [3.63, 3.8) is 0 Å². The van der Waals surface area contributed by atoms with Crippen LogP contribution in [0.1, 0.15) is 28.7 Å². The Bertz CT molecular complexity index is 706. The van der Waals surface area contributed by atoms with E-state index in [1.807, 2.05) is 25.1 Å². The molecule has 0 saturated heterocycles. The third-order valence-corrected chi connectivity index (χ3v) is 3.55. The molecule has 0 bridgehead atoms. The summed E-state index contributed by atoms with van der Waals surface area (Å²) in [6.45, 7) is 2.07. The fourth-order valence-electron chi connectivity index (χ4n) is 2.28. The number of aliphatic carboxylic acids is 1. The minimum atomic E-state index is -4.38. The standard InChI is InChI=1S/C18H17F3O3/c1-12-2-3-13(4-9-17(22)23)14(10-12)11-24-16-7-5-15(6-8-16)18(19,20)21/h2-3,5-8,10H,4,9,11H2,1H3,(H,22,23). The van der Waals surface area contributed by atoms with Gasteiger partial charge in [-0.05, 0) is 48.7 Å². The molecule has 0 spiro atoms. The first-order valence-electron chi connectivity index (χ1n) is 7.36. The molecule has 2 aromatic carbocycles. The van der Waals surface area contributed by atoms with Gasteiger partial charge in [-0.15, -0.1) is 0 Å². The fourth-order valence-corrected chi connectivity index (χ4v) is 2.28. The number of rotatable bonds is 6. The summed E-state index contributed by atoms with van der Waals surface area (Å²) in [4.78, 5) is 10.7. The average molecular weight is 338 g/mol. The van der Waals surface area contributed by atoms with Crippen LogP contribution in [0.25, 0.3) is 0 Å². The molecule has 0 atom stereocenters. The first kappa shape index (κ1) is 17.8. The lowest BCUT2D eigenvalue weighted by Gasteiger charge is -2.12. The van der Waals surface area contributed by atoms with Gasteiger partial charge < -0.3 is 9.84 Å². The van der Waals surface area contributed by atoms with Crippen molar-refractivity contribution in [3.8, 4) is 5.75 Å². The third-order valence-electron chi connectivity index (χ3n) is 3.55. The number of ether oxygens (including phenoxy) is 1. The highest BCUT2D eigenvalue weighted by molar-refractivity contribution is 5.67. The largest absolute Gasteiger partial charge is 0.489 e. The summed E-state index contributed by atoms with van der Waals surface area (Å²) in [7, 11) is 0. The highest BCUT2D eigenvalue weighted by Crippen LogP contribution is 2.30. The molecule has 1 N–H and O–H groups in total. The van der Waals surface area contributed by atoms with Gasteiger partial charge in [0.1, 0.15) is 12.4 Å². The van der Waals surface area contributed by atoms with Crippen LogP contribution >= 0.6 is 0 Å². The van der Waals surface area contributed by atoms with Crippen LogP contribution in [0.3, 0.4) is 0 Å². The van der Waals surface area contributed by atoms with Crippen LogP contribution in [-0.4, -0.2) is 11.1 Å². The van der Waals surface area contributed by atoms with Crippen LogP contribution in [0, 0.1) is 6.92 Å². The molecule has 6 heteroatoms. The minimum absolute atomic E-state index is 0.0103. The number of aryl methyl sites for hydroxylation is 2. The maximum absolute atomic E-state index is 12.5. The van der Waals surface area contributed by atoms with Gasteiger partial charge in [0.05, 0.1) is 5.56 Å². The van der Waals surface area contributed by atoms with E-state index in [4.69, 9.17) is 9.84 Å². The number of hydrogen-bond acceptors (Lipinski definition) is 2. The molecule has 0 amide bonds. The smallest absolute Gasteiger partial charge is 0.416 e. The maximum atomic E-state index is 12.5. The zero-order valence-electron chi connectivity index (χ0n) is 13.1. The van der Waals surface area contributed by atoms with Crippen molar-refractivity contribution in [2.24, 2.45) is 0 Å². The Morgan fingerprint density at radius 1 is 1.08 bits per heavy atom. The predicted octanol–water partition coefficient (Wildman–Crippen LogP) is 4.61. The van der Waals surface area contributed by atoms with Gasteiger partial charge in [-0.1, -0.05) is 23.8 Å². The molecule has 0 fully saturated rings. The number of carbonyl (C=O) groups is 1. The van der Waals surface area contributed by atoms with Crippen molar-refractivity contribution >= 4 is 5.97 Å². The van der Waals surface area contributed by atoms with Gasteiger partial charge in [0, 0.05) is 6.42 Å². The normalized spacial score (nSPS) is 11.3. The lowest BCUT2D eigenvalue weighted by atomic mass is 10.0. The third kappa shape index (κ3) is 5.01. The van der Waals surface area contributed by atoms with E-state index in [-0.39, 0.29) is 13.0 Å². The summed E-state index contributed by atoms with van der Waals surface area (Å²) in [5.74, 6) is -0.557. The van der Waals surface area contributed by atoms with Crippen molar-refractivity contribution in [1.29, 1.82) is 0 Å². The van der Waals surface area contributed by atoms with E-state index in [0.29, 0.717) is 12.2 Å². The summed E-state index contributed by atoms with van der Waals surface area (Å²) in [5.41, 5.74) is 1.96. The number of carboxylic acids is 1. The molecule has 0 heterocycles. The van der Waals surface area contributed by atoms with Crippen LogP contribution < -0.4 is 4.74 Å². The first-order valence-corrected chi connectivity index (χ1v) is 7.36. The second kappa shape index (κ2) is 7.38. The summed E-state index contributed by atoms with van der Waals surface area (Å²) in [6.07, 6.45) is -3.99. The molecule has 0 saturated carbocycles. The molecule has 0 radical (unpaired) electrons. The molecule has 2 rings (SSSR count). The summed E-state index contributed by atoms with van der Waals surface area (Å²) < 4.78 is 43.1. The van der Waals surface area contributed by atoms with Crippen LogP contribution in [0.4, 0.5) is 13.2 Å². The molecule has 0 aliphatic heterocycles. The summed E-state index contributed by atoms with van der Waals surface area (Å²) in [6, 6.07) is 10.1. The highest BCUT2D eigenvalue weighted by atomic mass is 19.4. The molecule has 24 heavy (non-hydrogen) atoms. The fraction of sp³-hybridized carbons (Fsp3) is 0.278. The molecule has 0 unspecified atom stereocenters. The van der Waals surface area contributed by atoms with Crippen LogP contribution in [0.2, 0.25) is 0 Å². The number of carboxylic acid groups (broad SMARTS) is 1. The minimum Gasteiger partial charge on any atom is -0.489 e. The second-order valence-electron chi connectivity index (χ2n) is 5.48. The van der Waals surface area contributed by atoms with E-state index in [2.05, 4.69) is 0 Å². The van der Waals surface area contributed by atoms with Gasteiger partial charge in [0.25, 0.3) is 0 Å². The van der Waals surface area contributed by atoms with Crippen LogP contribution in [0.15, 0.2) is 42.5 Å². The Balaban J connectivity index is 2.08. The van der Waals surface area contributed by atoms with Crippen LogP contribution in [-0.2, 0) is 24.0 Å². The maximum Gasteiger partial charge on any atom is 0.416 e. The van der Waals surface area contributed by atoms with Crippen molar-refractivity contribution in [1.82, 2.24) is 0 Å². The number of benzene rings is 2. The monoisotopic (exact) mass is 338 g/mol. The lowest BCUT2D eigenvalue weighted by molar-refractivity contribution is -0.138. The van der Waals surface area contributed by atoms with Gasteiger partial charge in [-0.25, -0.2) is 0 Å². The van der Waals surface area contributed by atoms with E-state index in [1.54, 1.807) is 0 Å². The predicted molar refractivity (Wildman–Crippen MR) is 82.9 cm³/mol. The average Bonchev–Trinajstić information content (AvgIpc) is 2.51. The van der Waals surface area contributed by atoms with E-state index in [9.17, 15) is 18.0 Å². The van der Waals surface area contributed by atoms with E-state index < -0.39 is 17.7 Å². The number of halogens is 3. The lowest BCUT2D eigenvalue weighted by Crippen LogP contribution is -2.05. The number of alkyl halides is 3. The van der Waals surface area contributed by atoms with Crippen molar-refractivity contribution in [2.45, 2.75) is 32.5 Å². The molecular weight excluding hydrogens is 321 g/mol. The zero-order chi connectivity index (χ0) is 17.7. The second-order valence-corrected chi connectivity index (χ2v) is 5.48. The van der Waals surface area contributed by atoms with E-state index in [1.165, 1.54) is 12.1 Å². The molecular formula is C18H17F3O3. The highest BCUT2D eigenvalue weighted by Gasteiger charge is 2.30. The Labute approximate surface area is 137 Å². The Morgan fingerprint density at radius 2 is 1.75 bits per heavy atom. The zero-order valence-corrected chi connectivity index (χ0v) is 13.1. The molecule has 0 aliphatic carbocycles. The Morgan fingerprint density at radius 3 is 2.33 bits per heavy atom. The van der Waals surface area contributed by atoms with Crippen molar-refractivity contribution in [3.05, 3.63) is 64.7 Å². The molecule has 0 aromatic heterocycles. The number of hydrogen-bond donors (Lipinski definition) is 1. The quantitative estimate of drug-likeness (QED) is 0.837. The van der Waals surface area contributed by atoms with Gasteiger partial charge >= 0.3 is 12.1 Å². The topological polar surface area (TPSA) is 46.5 Å². The molecule has 128 valence electrons. The molecule has 3 nitrogen and oxygen atoms in total. The van der Waals surface area contributed by atoms with Crippen molar-refractivity contribution in [2.75, 3.05) is 0 Å². The van der Waals surface area contributed by atoms with Crippen molar-refractivity contribution < 1.29 is 27.8 Å². The van der Waals surface area contributed by atoms with E-state index in [0.717, 1.165) is 28.8 Å². The summed E-state index contributed by atoms with van der Waals surface area (Å²) in [5, 5.41) is 8.80. The van der Waals surface area contributed by atoms with Gasteiger partial charge in [0.15, 0.2) is 0 Å². The summed E-state index contributed by atoms with van der Waals surface area (Å²) >= 11 is 0. The van der Waals surface area contributed by atoms with Gasteiger partial charge in [0.2, 0.25) is 0 Å². The van der Waals surface area contributed by atoms with Gasteiger partial charge in [-0.2, -0.15) is 13.2 Å². The molecule has 0 aliphatic rings. The Hall–Kier alpha value is -2.50. The SMILES string of the molecule is Cc1ccc(CCC(=O)O)c(COc2ccc(C(F)(F)F)cc2)c1. The first-order chi connectivity index (χ1) is 11.3.